The summed E-state index contributed by atoms with van der Waals surface area (Å²) >= 11 is 12.7. The summed E-state index contributed by atoms with van der Waals surface area (Å²) < 4.78 is 32.6. The molecule has 3 aliphatic rings. The molecule has 0 amide bonds. The van der Waals surface area contributed by atoms with Crippen molar-refractivity contribution in [2.75, 3.05) is 31.6 Å². The molecule has 0 unspecified atom stereocenters. The molecule has 3 atom stereocenters. The first kappa shape index (κ1) is 20.3. The Morgan fingerprint density at radius 1 is 1.07 bits per heavy atom. The Morgan fingerprint density at radius 2 is 1.80 bits per heavy atom. The van der Waals surface area contributed by atoms with Crippen LogP contribution in [0.1, 0.15) is 29.5 Å². The van der Waals surface area contributed by atoms with E-state index in [2.05, 4.69) is 17.5 Å². The van der Waals surface area contributed by atoms with Gasteiger partial charge in [0.15, 0.2) is 0 Å². The lowest BCUT2D eigenvalue weighted by Crippen LogP contribution is -2.40. The number of halogens is 2. The Kier molecular flexibility index (Phi) is 5.32. The molecule has 0 bridgehead atoms. The van der Waals surface area contributed by atoms with Gasteiger partial charge >= 0.3 is 0 Å². The summed E-state index contributed by atoms with van der Waals surface area (Å²) in [5.41, 5.74) is 3.07. The molecule has 158 valence electrons. The van der Waals surface area contributed by atoms with E-state index in [0.717, 1.165) is 23.2 Å². The molecule has 0 radical (unpaired) electrons. The van der Waals surface area contributed by atoms with Crippen LogP contribution in [0.15, 0.2) is 53.4 Å². The largest absolute Gasteiger partial charge is 0.379 e. The highest BCUT2D eigenvalue weighted by Crippen LogP contribution is 2.52. The lowest BCUT2D eigenvalue weighted by atomic mass is 9.77. The van der Waals surface area contributed by atoms with Crippen LogP contribution in [0.5, 0.6) is 0 Å². The summed E-state index contributed by atoms with van der Waals surface area (Å²) in [6.45, 7) is 1.65. The maximum atomic E-state index is 12.9. The monoisotopic (exact) mass is 464 g/mol. The van der Waals surface area contributed by atoms with Crippen molar-refractivity contribution in [1.82, 2.24) is 4.31 Å². The van der Waals surface area contributed by atoms with Gasteiger partial charge in [0.2, 0.25) is 10.0 Å². The zero-order valence-electron chi connectivity index (χ0n) is 16.2. The summed E-state index contributed by atoms with van der Waals surface area (Å²) in [5, 5.41) is 4.83. The summed E-state index contributed by atoms with van der Waals surface area (Å²) in [4.78, 5) is 0.315. The molecule has 2 aliphatic heterocycles. The Hall–Kier alpha value is -1.57. The highest BCUT2D eigenvalue weighted by Gasteiger charge is 2.39. The Balaban J connectivity index is 1.46. The van der Waals surface area contributed by atoms with Gasteiger partial charge in [0.1, 0.15) is 0 Å². The van der Waals surface area contributed by atoms with Crippen LogP contribution in [0.3, 0.4) is 0 Å². The van der Waals surface area contributed by atoms with Gasteiger partial charge in [-0.05, 0) is 47.7 Å². The summed E-state index contributed by atoms with van der Waals surface area (Å²) in [6, 6.07) is 11.0. The molecule has 0 spiro atoms. The van der Waals surface area contributed by atoms with Crippen molar-refractivity contribution in [3.63, 3.8) is 0 Å². The van der Waals surface area contributed by atoms with E-state index >= 15 is 0 Å². The SMILES string of the molecule is O=S(=O)(c1ccc([C@@H]2Nc3c(Cl)cc(Cl)cc3[C@@H]3C=CC[C@H]32)cc1)N1CCOCC1. The van der Waals surface area contributed by atoms with Crippen LogP contribution in [0, 0.1) is 5.92 Å². The van der Waals surface area contributed by atoms with Crippen LogP contribution in [-0.4, -0.2) is 39.0 Å². The number of anilines is 1. The number of morpholine rings is 1. The number of allylic oxidation sites excluding steroid dienone is 2. The van der Waals surface area contributed by atoms with Crippen molar-refractivity contribution in [2.24, 2.45) is 5.92 Å². The molecule has 5 rings (SSSR count). The number of benzene rings is 2. The van der Waals surface area contributed by atoms with E-state index in [4.69, 9.17) is 27.9 Å². The van der Waals surface area contributed by atoms with Crippen LogP contribution in [0.2, 0.25) is 10.0 Å². The Bertz CT molecular complexity index is 1100. The second-order valence-electron chi connectivity index (χ2n) is 7.91. The lowest BCUT2D eigenvalue weighted by molar-refractivity contribution is 0.0730. The first-order valence-corrected chi connectivity index (χ1v) is 12.2. The predicted molar refractivity (Wildman–Crippen MR) is 119 cm³/mol. The zero-order valence-corrected chi connectivity index (χ0v) is 18.6. The van der Waals surface area contributed by atoms with E-state index in [0.29, 0.717) is 47.2 Å². The minimum atomic E-state index is -3.50. The normalized spacial score (nSPS) is 26.1. The van der Waals surface area contributed by atoms with Crippen molar-refractivity contribution in [3.8, 4) is 0 Å². The van der Waals surface area contributed by atoms with Crippen LogP contribution >= 0.6 is 23.2 Å². The van der Waals surface area contributed by atoms with E-state index in [1.54, 1.807) is 18.2 Å². The van der Waals surface area contributed by atoms with Gasteiger partial charge in [-0.2, -0.15) is 4.31 Å². The van der Waals surface area contributed by atoms with Gasteiger partial charge in [0, 0.05) is 24.0 Å². The molecule has 0 aromatic heterocycles. The number of rotatable bonds is 3. The number of hydrogen-bond donors (Lipinski definition) is 1. The highest BCUT2D eigenvalue weighted by molar-refractivity contribution is 7.89. The Morgan fingerprint density at radius 3 is 2.53 bits per heavy atom. The minimum Gasteiger partial charge on any atom is -0.379 e. The summed E-state index contributed by atoms with van der Waals surface area (Å²) in [5.74, 6) is 0.563. The fourth-order valence-corrected chi connectivity index (χ4v) is 6.71. The van der Waals surface area contributed by atoms with Crippen molar-refractivity contribution in [3.05, 3.63) is 69.7 Å². The highest BCUT2D eigenvalue weighted by atomic mass is 35.5. The van der Waals surface area contributed by atoms with Gasteiger partial charge in [-0.15, -0.1) is 0 Å². The average Bonchev–Trinajstić information content (AvgIpc) is 3.24. The molecule has 2 aromatic rings. The molecule has 1 fully saturated rings. The van der Waals surface area contributed by atoms with E-state index in [9.17, 15) is 8.42 Å². The fraction of sp³-hybridized carbons (Fsp3) is 0.364. The topological polar surface area (TPSA) is 58.6 Å². The van der Waals surface area contributed by atoms with E-state index in [1.807, 2.05) is 18.2 Å². The molecular formula is C22H22Cl2N2O3S. The molecule has 1 N–H and O–H groups in total. The van der Waals surface area contributed by atoms with E-state index in [-0.39, 0.29) is 12.0 Å². The smallest absolute Gasteiger partial charge is 0.243 e. The average molecular weight is 465 g/mol. The maximum Gasteiger partial charge on any atom is 0.243 e. The fourth-order valence-electron chi connectivity index (χ4n) is 4.73. The van der Waals surface area contributed by atoms with Crippen LogP contribution < -0.4 is 5.32 Å². The van der Waals surface area contributed by atoms with Gasteiger partial charge in [-0.3, -0.25) is 0 Å². The second kappa shape index (κ2) is 7.84. The first-order chi connectivity index (χ1) is 14.4. The third-order valence-corrected chi connectivity index (χ3v) is 8.66. The second-order valence-corrected chi connectivity index (χ2v) is 10.7. The van der Waals surface area contributed by atoms with Gasteiger partial charge in [0.05, 0.1) is 34.9 Å². The van der Waals surface area contributed by atoms with Crippen molar-refractivity contribution in [2.45, 2.75) is 23.3 Å². The summed E-state index contributed by atoms with van der Waals surface area (Å²) in [6.07, 6.45) is 5.37. The van der Waals surface area contributed by atoms with Crippen LogP contribution in [0.4, 0.5) is 5.69 Å². The Labute approximate surface area is 186 Å². The van der Waals surface area contributed by atoms with Gasteiger partial charge in [-0.1, -0.05) is 47.5 Å². The molecule has 2 heterocycles. The van der Waals surface area contributed by atoms with Crippen molar-refractivity contribution >= 4 is 38.9 Å². The van der Waals surface area contributed by atoms with Gasteiger partial charge in [-0.25, -0.2) is 8.42 Å². The molecule has 8 heteroatoms. The first-order valence-electron chi connectivity index (χ1n) is 10.0. The number of sulfonamides is 1. The molecule has 5 nitrogen and oxygen atoms in total. The molecule has 2 aromatic carbocycles. The number of hydrogen-bond acceptors (Lipinski definition) is 4. The van der Waals surface area contributed by atoms with Crippen molar-refractivity contribution in [1.29, 1.82) is 0 Å². The number of nitrogens with zero attached hydrogens (tertiary/aromatic N) is 1. The maximum absolute atomic E-state index is 12.9. The zero-order chi connectivity index (χ0) is 20.9. The predicted octanol–water partition coefficient (Wildman–Crippen LogP) is 4.84. The summed E-state index contributed by atoms with van der Waals surface area (Å²) in [7, 11) is -3.50. The number of ether oxygens (including phenoxy) is 1. The molecular weight excluding hydrogens is 443 g/mol. The third-order valence-electron chi connectivity index (χ3n) is 6.23. The molecule has 30 heavy (non-hydrogen) atoms. The molecule has 1 aliphatic carbocycles. The number of nitrogens with one attached hydrogen (secondary N) is 1. The molecule has 0 saturated carbocycles. The van der Waals surface area contributed by atoms with Crippen LogP contribution in [0.25, 0.3) is 0 Å². The van der Waals surface area contributed by atoms with E-state index in [1.165, 1.54) is 4.31 Å². The number of fused-ring (bicyclic) bond motifs is 3. The third kappa shape index (κ3) is 3.45. The van der Waals surface area contributed by atoms with Crippen LogP contribution in [-0.2, 0) is 14.8 Å². The minimum absolute atomic E-state index is 0.0383. The van der Waals surface area contributed by atoms with Gasteiger partial charge in [0.25, 0.3) is 0 Å². The van der Waals surface area contributed by atoms with E-state index < -0.39 is 10.0 Å². The standard InChI is InChI=1S/C22H22Cl2N2O3S/c23-15-12-19-17-2-1-3-18(17)21(25-22(19)20(24)13-15)14-4-6-16(7-5-14)30(27,28)26-8-10-29-11-9-26/h1-2,4-7,12-13,17-18,21,25H,3,8-11H2/t17-,18-,21+/m1/s1. The lowest BCUT2D eigenvalue weighted by Gasteiger charge is -2.38. The molecule has 1 saturated heterocycles. The quantitative estimate of drug-likeness (QED) is 0.660. The van der Waals surface area contributed by atoms with Gasteiger partial charge < -0.3 is 10.1 Å². The van der Waals surface area contributed by atoms with Crippen molar-refractivity contribution < 1.29 is 13.2 Å².